The molecule has 0 aliphatic rings. The van der Waals surface area contributed by atoms with E-state index >= 15 is 0 Å². The number of carbonyl (C=O) groups is 2. The average Bonchev–Trinajstić information content (AvgIpc) is 2.84. The van der Waals surface area contributed by atoms with Crippen LogP contribution in [0.4, 0.5) is 0 Å². The van der Waals surface area contributed by atoms with Crippen LogP contribution >= 0.6 is 0 Å². The second kappa shape index (κ2) is 20.9. The molecule has 0 radical (unpaired) electrons. The number of hydrogen-bond donors (Lipinski definition) is 4. The lowest BCUT2D eigenvalue weighted by molar-refractivity contribution is -0.138. The number of hydrogen-bond acceptors (Lipinski definition) is 4. The largest absolute Gasteiger partial charge is 0.504 e. The molecule has 0 saturated carbocycles. The molecule has 1 rings (SSSR count). The van der Waals surface area contributed by atoms with E-state index in [-0.39, 0.29) is 24.3 Å². The van der Waals surface area contributed by atoms with Crippen molar-refractivity contribution in [1.29, 1.82) is 0 Å². The molecule has 6 heteroatoms. The van der Waals surface area contributed by atoms with Crippen LogP contribution in [0.2, 0.25) is 0 Å². The maximum atomic E-state index is 10.5. The summed E-state index contributed by atoms with van der Waals surface area (Å²) in [6, 6.07) is 3.57. The molecule has 0 bridgehead atoms. The predicted molar refractivity (Wildman–Crippen MR) is 145 cm³/mol. The van der Waals surface area contributed by atoms with Crippen molar-refractivity contribution in [2.75, 3.05) is 0 Å². The number of aryl methyl sites for hydroxylation is 1. The second-order valence-corrected chi connectivity index (χ2v) is 10.2. The van der Waals surface area contributed by atoms with Crippen molar-refractivity contribution < 1.29 is 30.0 Å². The molecular formula is C30H50O6. The Morgan fingerprint density at radius 3 is 1.28 bits per heavy atom. The molecule has 0 atom stereocenters. The summed E-state index contributed by atoms with van der Waals surface area (Å²) in [4.78, 5) is 21.0. The zero-order valence-electron chi connectivity index (χ0n) is 22.3. The molecule has 6 nitrogen and oxygen atoms in total. The second-order valence-electron chi connectivity index (χ2n) is 10.2. The maximum Gasteiger partial charge on any atom is 0.303 e. The number of aromatic hydroxyl groups is 2. The van der Waals surface area contributed by atoms with Gasteiger partial charge in [-0.25, -0.2) is 0 Å². The summed E-state index contributed by atoms with van der Waals surface area (Å²) in [5.74, 6) is -1.38. The number of rotatable bonds is 24. The Labute approximate surface area is 218 Å². The predicted octanol–water partition coefficient (Wildman–Crippen LogP) is 8.15. The van der Waals surface area contributed by atoms with Gasteiger partial charge in [0.05, 0.1) is 0 Å². The first-order valence-corrected chi connectivity index (χ1v) is 14.4. The third kappa shape index (κ3) is 16.4. The summed E-state index contributed by atoms with van der Waals surface area (Å²) in [6.07, 6.45) is 22.0. The fourth-order valence-corrected chi connectivity index (χ4v) is 4.82. The Hall–Kier alpha value is -2.24. The number of aliphatic carboxylic acids is 2. The van der Waals surface area contributed by atoms with Gasteiger partial charge in [-0.15, -0.1) is 0 Å². The van der Waals surface area contributed by atoms with Crippen LogP contribution in [0.5, 0.6) is 11.5 Å². The van der Waals surface area contributed by atoms with E-state index in [1.165, 1.54) is 51.4 Å². The van der Waals surface area contributed by atoms with Gasteiger partial charge in [0.2, 0.25) is 0 Å². The van der Waals surface area contributed by atoms with Crippen molar-refractivity contribution in [2.45, 2.75) is 141 Å². The van der Waals surface area contributed by atoms with E-state index in [0.29, 0.717) is 0 Å². The van der Waals surface area contributed by atoms with E-state index in [9.17, 15) is 19.8 Å². The minimum atomic E-state index is -0.703. The van der Waals surface area contributed by atoms with Gasteiger partial charge in [-0.1, -0.05) is 96.0 Å². The SMILES string of the molecule is O=C(O)CCCCCCCCCCCc1ccc(O)c(O)c1CCCCCCCCCCCC(=O)O. The Kier molecular flexibility index (Phi) is 18.5. The van der Waals surface area contributed by atoms with Gasteiger partial charge >= 0.3 is 11.9 Å². The summed E-state index contributed by atoms with van der Waals surface area (Å²) in [5.41, 5.74) is 2.07. The molecule has 0 unspecified atom stereocenters. The van der Waals surface area contributed by atoms with Gasteiger partial charge in [-0.3, -0.25) is 9.59 Å². The van der Waals surface area contributed by atoms with E-state index < -0.39 is 11.9 Å². The van der Waals surface area contributed by atoms with Gasteiger partial charge in [-0.2, -0.15) is 0 Å². The number of phenols is 2. The van der Waals surface area contributed by atoms with E-state index in [1.54, 1.807) is 6.07 Å². The maximum absolute atomic E-state index is 10.5. The summed E-state index contributed by atoms with van der Waals surface area (Å²) >= 11 is 0. The lowest BCUT2D eigenvalue weighted by Gasteiger charge is -2.13. The first-order valence-electron chi connectivity index (χ1n) is 14.4. The molecule has 0 amide bonds. The standard InChI is InChI=1S/C30H50O6/c31-27-24-23-25(19-15-11-7-3-1-5-9-13-17-21-28(32)33)26(30(27)36)20-16-12-8-4-2-6-10-14-18-22-29(34)35/h23-24,31,36H,1-22H2,(H,32,33)(H,34,35). The third-order valence-electron chi connectivity index (χ3n) is 7.01. The highest BCUT2D eigenvalue weighted by atomic mass is 16.4. The van der Waals surface area contributed by atoms with Gasteiger partial charge in [0.1, 0.15) is 0 Å². The third-order valence-corrected chi connectivity index (χ3v) is 7.01. The van der Waals surface area contributed by atoms with Crippen LogP contribution in [0.1, 0.15) is 140 Å². The van der Waals surface area contributed by atoms with Crippen LogP contribution in [-0.4, -0.2) is 32.4 Å². The molecule has 0 aromatic heterocycles. The van der Waals surface area contributed by atoms with Crippen LogP contribution in [0.25, 0.3) is 0 Å². The van der Waals surface area contributed by atoms with Crippen molar-refractivity contribution in [3.8, 4) is 11.5 Å². The fourth-order valence-electron chi connectivity index (χ4n) is 4.82. The summed E-state index contributed by atoms with van der Waals surface area (Å²) in [6.45, 7) is 0. The highest BCUT2D eigenvalue weighted by Crippen LogP contribution is 2.33. The fraction of sp³-hybridized carbons (Fsp3) is 0.733. The Balaban J connectivity index is 2.15. The van der Waals surface area contributed by atoms with Crippen LogP contribution in [0, 0.1) is 0 Å². The van der Waals surface area contributed by atoms with Gasteiger partial charge in [-0.05, 0) is 50.2 Å². The zero-order chi connectivity index (χ0) is 26.4. The average molecular weight is 507 g/mol. The summed E-state index contributed by atoms with van der Waals surface area (Å²) < 4.78 is 0. The molecule has 0 aliphatic heterocycles. The molecule has 0 spiro atoms. The minimum Gasteiger partial charge on any atom is -0.504 e. The molecule has 0 saturated heterocycles. The number of phenolic OH excluding ortho intramolecular Hbond substituents is 2. The van der Waals surface area contributed by atoms with Crippen molar-refractivity contribution >= 4 is 11.9 Å². The molecule has 0 fully saturated rings. The van der Waals surface area contributed by atoms with Crippen molar-refractivity contribution in [3.05, 3.63) is 23.3 Å². The highest BCUT2D eigenvalue weighted by Gasteiger charge is 2.12. The number of carboxylic acids is 2. The van der Waals surface area contributed by atoms with Gasteiger partial charge in [0.25, 0.3) is 0 Å². The summed E-state index contributed by atoms with van der Waals surface area (Å²) in [7, 11) is 0. The Bertz CT molecular complexity index is 730. The Morgan fingerprint density at radius 1 is 0.500 bits per heavy atom. The number of unbranched alkanes of at least 4 members (excludes halogenated alkanes) is 16. The lowest BCUT2D eigenvalue weighted by Crippen LogP contribution is -1.97. The normalized spacial score (nSPS) is 11.1. The molecule has 1 aromatic rings. The molecule has 1 aromatic carbocycles. The monoisotopic (exact) mass is 506 g/mol. The van der Waals surface area contributed by atoms with Crippen LogP contribution in [0.3, 0.4) is 0 Å². The van der Waals surface area contributed by atoms with E-state index in [4.69, 9.17) is 10.2 Å². The lowest BCUT2D eigenvalue weighted by atomic mass is 9.95. The number of carboxylic acid groups (broad SMARTS) is 2. The minimum absolute atomic E-state index is 0.0278. The molecule has 206 valence electrons. The topological polar surface area (TPSA) is 115 Å². The highest BCUT2D eigenvalue weighted by molar-refractivity contribution is 5.66. The van der Waals surface area contributed by atoms with Gasteiger partial charge in [0, 0.05) is 18.4 Å². The first-order chi connectivity index (χ1) is 17.4. The summed E-state index contributed by atoms with van der Waals surface area (Å²) in [5, 5.41) is 37.7. The number of benzene rings is 1. The molecular weight excluding hydrogens is 456 g/mol. The van der Waals surface area contributed by atoms with E-state index in [2.05, 4.69) is 0 Å². The van der Waals surface area contributed by atoms with Crippen LogP contribution in [0.15, 0.2) is 12.1 Å². The van der Waals surface area contributed by atoms with Gasteiger partial charge in [0.15, 0.2) is 11.5 Å². The molecule has 0 aliphatic carbocycles. The van der Waals surface area contributed by atoms with Crippen LogP contribution < -0.4 is 0 Å². The quantitative estimate of drug-likeness (QED) is 0.0830. The van der Waals surface area contributed by atoms with E-state index in [0.717, 1.165) is 88.2 Å². The first kappa shape index (κ1) is 31.8. The van der Waals surface area contributed by atoms with E-state index in [1.807, 2.05) is 6.07 Å². The van der Waals surface area contributed by atoms with Crippen molar-refractivity contribution in [3.63, 3.8) is 0 Å². The molecule has 4 N–H and O–H groups in total. The zero-order valence-corrected chi connectivity index (χ0v) is 22.3. The van der Waals surface area contributed by atoms with Crippen LogP contribution in [-0.2, 0) is 22.4 Å². The van der Waals surface area contributed by atoms with Crippen molar-refractivity contribution in [1.82, 2.24) is 0 Å². The Morgan fingerprint density at radius 2 is 0.861 bits per heavy atom. The van der Waals surface area contributed by atoms with Gasteiger partial charge < -0.3 is 20.4 Å². The van der Waals surface area contributed by atoms with Crippen molar-refractivity contribution in [2.24, 2.45) is 0 Å². The smallest absolute Gasteiger partial charge is 0.303 e. The molecule has 36 heavy (non-hydrogen) atoms. The molecule has 0 heterocycles.